The number of phenols is 2. The van der Waals surface area contributed by atoms with Crippen LogP contribution in [0.15, 0.2) is 78.9 Å². The van der Waals surface area contributed by atoms with E-state index in [1.54, 1.807) is 19.9 Å². The molecule has 36 N–H and O–H groups in total. The van der Waals surface area contributed by atoms with Gasteiger partial charge in [0.1, 0.15) is 102 Å². The molecule has 1 fully saturated rings. The van der Waals surface area contributed by atoms with Crippen molar-refractivity contribution >= 4 is 124 Å². The number of unbranched alkanes of at least 4 members (excludes halogenated alkanes) is 2. The number of nitrogens with one attached hydrogen (secondary N) is 18. The van der Waals surface area contributed by atoms with E-state index >= 15 is 14.4 Å². The molecule has 1 aliphatic rings. The topological polar surface area (TPSA) is 862 Å². The number of carboxylic acids is 3. The molecule has 0 radical (unpaired) electrons. The molecule has 17 amide bonds. The highest BCUT2D eigenvalue weighted by Gasteiger charge is 2.41. The van der Waals surface area contributed by atoms with Crippen LogP contribution in [0.5, 0.6) is 11.5 Å². The van der Waals surface area contributed by atoms with E-state index in [0.29, 0.717) is 11.1 Å². The number of rotatable bonds is 41. The number of primary amides is 1. The molecular weight excluding hydrogens is 1780 g/mol. The van der Waals surface area contributed by atoms with Gasteiger partial charge in [-0.3, -0.25) is 96.5 Å². The molecule has 0 aromatic heterocycles. The number of aliphatic hydroxyl groups excluding tert-OH is 3. The number of carboxylic acid groups (broad SMARTS) is 3. The normalized spacial score (nSPS) is 21.4. The molecule has 3 aromatic carbocycles. The Bertz CT molecular complexity index is 4590. The molecule has 51 heteroatoms. The van der Waals surface area contributed by atoms with Gasteiger partial charge in [-0.15, -0.1) is 0 Å². The summed E-state index contributed by atoms with van der Waals surface area (Å²) in [6, 6.07) is -12.9. The number of nitrogens with two attached hydrogens (primary N) is 5. The standard InChI is InChI=1S/C84H125N23O28/c1-41(2)29-52-72(123)103-59(79(130)95-49(15-8-10-26-85)69(120)93-50(16-9-11-27-86)70(121)97-55(32-45-20-24-47(112)25-21-45)73(124)94-51(17-12-28-91-84(89)90)71(122)106-62(40-110)83(134)135)37-92-64(114)33-48(87)68(119)96-53(31-44-18-22-46(111)23-19-44)74(125)98-54(30-43-13-6-5-7-14-43)75(126)100-57(35-65(115)116)76(127)101-58(36-66(117)118)77(128)104-61(39-109)81(132)105-60(38-108)80(131)99-56(34-63(88)113)78(129)107-67(42(3)4)82(133)102-52/h5-7,13-14,18-25,41-42,48-62,67,108-112H,8-12,15-17,26-40,85-87H2,1-4H3,(H2,88,113)(H,92,114)(H,93,120)(H,94,124)(H,95,130)(H,96,119)(H,97,121)(H,98,125)(H,99,131)(H,100,126)(H,101,127)(H,102,133)(H,103,123)(H,104,128)(H,105,132)(H,106,122)(H,107,129)(H,115,116)(H,117,118)(H,134,135)(H4,89,90,91)/t48?,49?,50-,51-,52-,53-,54?,55?,56-,57-,58?,59?,60?,61-,62?,67?/m0/s1. The summed E-state index contributed by atoms with van der Waals surface area (Å²) in [5, 5.41) is 128. The fourth-order valence-electron chi connectivity index (χ4n) is 13.4. The number of guanidine groups is 1. The maximum absolute atomic E-state index is 15.3. The zero-order valence-corrected chi connectivity index (χ0v) is 74.8. The predicted molar refractivity (Wildman–Crippen MR) is 475 cm³/mol. The van der Waals surface area contributed by atoms with E-state index in [1.165, 1.54) is 86.6 Å². The van der Waals surface area contributed by atoms with Crippen LogP contribution in [0.25, 0.3) is 0 Å². The van der Waals surface area contributed by atoms with E-state index in [9.17, 15) is 122 Å². The number of aliphatic carboxylic acids is 3. The SMILES string of the molecule is CC(C)C[C@@H]1NC(=O)C(C(C)C)NC(=O)[C@H](CC(N)=O)NC(=O)C(CO)NC(=O)[C@H](CO)NC(=O)C(CC(=O)O)NC(=O)[C@H](CC(=O)O)NC(=O)C(Cc2ccccc2)NC(=O)[C@H](Cc2ccc(O)cc2)NC(=O)C(N)CC(=O)NCC(C(=O)NC(CCCCN)C(=O)N[C@@H](CCCCN)C(=O)NC(Cc2ccc(O)cc2)C(=O)N[C@@H](CCCNC(=N)N)C(=O)NC(CO)C(=O)O)NC1=O. The van der Waals surface area contributed by atoms with Crippen LogP contribution in [-0.2, 0) is 115 Å². The van der Waals surface area contributed by atoms with Gasteiger partial charge in [0.2, 0.25) is 100 Å². The highest BCUT2D eigenvalue weighted by Crippen LogP contribution is 2.18. The molecule has 0 saturated carbocycles. The average Bonchev–Trinajstić information content (AvgIpc) is 0.866. The molecule has 1 heterocycles. The first-order valence-electron chi connectivity index (χ1n) is 43.2. The first-order valence-corrected chi connectivity index (χ1v) is 43.2. The van der Waals surface area contributed by atoms with E-state index in [1.807, 2.05) is 16.0 Å². The summed E-state index contributed by atoms with van der Waals surface area (Å²) in [6.45, 7) is 1.20. The summed E-state index contributed by atoms with van der Waals surface area (Å²) in [5.74, 6) is -29.5. The zero-order chi connectivity index (χ0) is 101. The molecule has 0 bridgehead atoms. The Morgan fingerprint density at radius 2 is 0.822 bits per heavy atom. The smallest absolute Gasteiger partial charge is 0.328 e. The first kappa shape index (κ1) is 113. The van der Waals surface area contributed by atoms with Crippen molar-refractivity contribution in [2.75, 3.05) is 46.0 Å². The second-order valence-corrected chi connectivity index (χ2v) is 32.6. The maximum Gasteiger partial charge on any atom is 0.328 e. The van der Waals surface area contributed by atoms with Gasteiger partial charge in [-0.05, 0) is 124 Å². The predicted octanol–water partition coefficient (Wildman–Crippen LogP) is -10.6. The lowest BCUT2D eigenvalue weighted by atomic mass is 9.99. The van der Waals surface area contributed by atoms with Crippen molar-refractivity contribution < 1.29 is 137 Å². The third-order valence-corrected chi connectivity index (χ3v) is 20.7. The number of aromatic hydroxyl groups is 2. The summed E-state index contributed by atoms with van der Waals surface area (Å²) >= 11 is 0. The Labute approximate surface area is 774 Å². The van der Waals surface area contributed by atoms with Crippen LogP contribution in [0.4, 0.5) is 0 Å². The minimum atomic E-state index is -2.31. The molecule has 0 spiro atoms. The van der Waals surface area contributed by atoms with Crippen molar-refractivity contribution in [3.63, 3.8) is 0 Å². The Morgan fingerprint density at radius 3 is 1.26 bits per heavy atom. The van der Waals surface area contributed by atoms with Crippen molar-refractivity contribution in [2.24, 2.45) is 40.5 Å². The lowest BCUT2D eigenvalue weighted by molar-refractivity contribution is -0.143. The van der Waals surface area contributed by atoms with Gasteiger partial charge in [0, 0.05) is 32.4 Å². The highest BCUT2D eigenvalue weighted by molar-refractivity contribution is 6.03. The average molecular weight is 1910 g/mol. The molecular formula is C84H125N23O28. The van der Waals surface area contributed by atoms with Crippen LogP contribution >= 0.6 is 0 Å². The Morgan fingerprint density at radius 1 is 0.437 bits per heavy atom. The van der Waals surface area contributed by atoms with Gasteiger partial charge >= 0.3 is 17.9 Å². The fourth-order valence-corrected chi connectivity index (χ4v) is 13.4. The van der Waals surface area contributed by atoms with Crippen LogP contribution in [-0.4, -0.2) is 308 Å². The van der Waals surface area contributed by atoms with Crippen LogP contribution in [0.2, 0.25) is 0 Å². The first-order chi connectivity index (χ1) is 63.8. The number of phenolic OH excluding ortho intramolecular Hbond substituents is 2. The van der Waals surface area contributed by atoms with Crippen LogP contribution in [0.1, 0.15) is 128 Å². The maximum atomic E-state index is 15.3. The van der Waals surface area contributed by atoms with Gasteiger partial charge in [-0.1, -0.05) is 82.3 Å². The van der Waals surface area contributed by atoms with Gasteiger partial charge in [0.15, 0.2) is 5.96 Å². The highest BCUT2D eigenvalue weighted by atomic mass is 16.4. The lowest BCUT2D eigenvalue weighted by Crippen LogP contribution is -2.63. The fraction of sp³-hybridized carbons (Fsp3) is 0.536. The van der Waals surface area contributed by atoms with Crippen molar-refractivity contribution in [1.82, 2.24) is 90.4 Å². The molecule has 51 nitrogen and oxygen atoms in total. The second kappa shape index (κ2) is 57.9. The lowest BCUT2D eigenvalue weighted by Gasteiger charge is -2.29. The molecule has 0 aliphatic carbocycles. The molecule has 4 rings (SSSR count). The van der Waals surface area contributed by atoms with E-state index in [-0.39, 0.29) is 101 Å². The summed E-state index contributed by atoms with van der Waals surface area (Å²) in [4.78, 5) is 281. The molecule has 16 atom stereocenters. The number of carbonyl (C=O) groups is 20. The van der Waals surface area contributed by atoms with E-state index < -0.39 is 298 Å². The quantitative estimate of drug-likeness (QED) is 0.0142. The Balaban J connectivity index is 1.95. The third kappa shape index (κ3) is 40.8. The number of hydrogen-bond acceptors (Lipinski definition) is 29. The van der Waals surface area contributed by atoms with Crippen molar-refractivity contribution in [1.29, 1.82) is 5.41 Å². The minimum Gasteiger partial charge on any atom is -0.508 e. The molecule has 135 heavy (non-hydrogen) atoms. The second-order valence-electron chi connectivity index (χ2n) is 32.6. The summed E-state index contributed by atoms with van der Waals surface area (Å²) < 4.78 is 0. The van der Waals surface area contributed by atoms with E-state index in [2.05, 4.69) is 74.4 Å². The molecule has 9 unspecified atom stereocenters. The minimum absolute atomic E-state index is 0.00869. The van der Waals surface area contributed by atoms with Gasteiger partial charge in [-0.25, -0.2) is 4.79 Å². The van der Waals surface area contributed by atoms with Gasteiger partial charge < -0.3 is 160 Å². The van der Waals surface area contributed by atoms with Gasteiger partial charge in [0.25, 0.3) is 0 Å². The molecule has 3 aromatic rings. The van der Waals surface area contributed by atoms with Crippen LogP contribution < -0.4 is 119 Å². The molecule has 1 aliphatic heterocycles. The Hall–Kier alpha value is -14.3. The van der Waals surface area contributed by atoms with Crippen molar-refractivity contribution in [3.8, 4) is 11.5 Å². The Kier molecular flexibility index (Phi) is 48.4. The zero-order valence-electron chi connectivity index (χ0n) is 74.8. The van der Waals surface area contributed by atoms with Crippen molar-refractivity contribution in [3.05, 3.63) is 95.6 Å². The van der Waals surface area contributed by atoms with Crippen LogP contribution in [0, 0.1) is 17.2 Å². The number of carbonyl (C=O) groups excluding carboxylic acids is 17. The number of aliphatic hydroxyl groups is 3. The molecule has 744 valence electrons. The van der Waals surface area contributed by atoms with Gasteiger partial charge in [0.05, 0.1) is 51.5 Å². The van der Waals surface area contributed by atoms with E-state index in [0.717, 1.165) is 0 Å². The van der Waals surface area contributed by atoms with Gasteiger partial charge in [-0.2, -0.15) is 0 Å². The number of amides is 17. The summed E-state index contributed by atoms with van der Waals surface area (Å²) in [7, 11) is 0. The summed E-state index contributed by atoms with van der Waals surface area (Å²) in [5.41, 5.74) is 30.0. The summed E-state index contributed by atoms with van der Waals surface area (Å²) in [6.07, 6.45) is -6.70. The number of hydrogen-bond donors (Lipinski definition) is 31. The monoisotopic (exact) mass is 1900 g/mol. The third-order valence-electron chi connectivity index (χ3n) is 20.7. The van der Waals surface area contributed by atoms with E-state index in [4.69, 9.17) is 34.1 Å². The number of benzene rings is 3. The van der Waals surface area contributed by atoms with Crippen molar-refractivity contribution in [2.45, 2.75) is 227 Å². The molecule has 1 saturated heterocycles. The largest absolute Gasteiger partial charge is 0.508 e. The van der Waals surface area contributed by atoms with Crippen LogP contribution in [0.3, 0.4) is 0 Å².